The van der Waals surface area contributed by atoms with E-state index in [-0.39, 0.29) is 4.83 Å². The molecule has 1 unspecified atom stereocenters. The van der Waals surface area contributed by atoms with Crippen molar-refractivity contribution < 1.29 is 0 Å². The minimum Gasteiger partial charge on any atom is -0.144 e. The Morgan fingerprint density at radius 1 is 1.13 bits per heavy atom. The molecule has 2 rings (SSSR count). The molecule has 15 heavy (non-hydrogen) atoms. The van der Waals surface area contributed by atoms with Gasteiger partial charge in [-0.05, 0) is 36.8 Å². The van der Waals surface area contributed by atoms with Gasteiger partial charge in [0, 0.05) is 14.8 Å². The quantitative estimate of drug-likeness (QED) is 0.669. The van der Waals surface area contributed by atoms with Crippen molar-refractivity contribution in [3.8, 4) is 0 Å². The highest BCUT2D eigenvalue weighted by Crippen LogP contribution is 2.35. The lowest BCUT2D eigenvalue weighted by Crippen LogP contribution is -1.88. The number of hydrogen-bond acceptors (Lipinski definition) is 1. The molecule has 0 aliphatic heterocycles. The van der Waals surface area contributed by atoms with Gasteiger partial charge in [-0.25, -0.2) is 0 Å². The monoisotopic (exact) mass is 300 g/mol. The highest BCUT2D eigenvalue weighted by molar-refractivity contribution is 9.09. The zero-order valence-corrected chi connectivity index (χ0v) is 11.4. The van der Waals surface area contributed by atoms with Crippen LogP contribution >= 0.6 is 38.9 Å². The predicted molar refractivity (Wildman–Crippen MR) is 71.3 cm³/mol. The van der Waals surface area contributed by atoms with Gasteiger partial charge in [0.1, 0.15) is 0 Å². The van der Waals surface area contributed by atoms with E-state index in [1.54, 1.807) is 0 Å². The minimum atomic E-state index is 0.272. The lowest BCUT2D eigenvalue weighted by Gasteiger charge is -2.07. The molecule has 2 aromatic rings. The van der Waals surface area contributed by atoms with Crippen LogP contribution in [0.5, 0.6) is 0 Å². The molecule has 3 heteroatoms. The highest BCUT2D eigenvalue weighted by Gasteiger charge is 2.11. The van der Waals surface area contributed by atoms with E-state index in [2.05, 4.69) is 47.1 Å². The van der Waals surface area contributed by atoms with Gasteiger partial charge in [0.05, 0.1) is 4.83 Å². The summed E-state index contributed by atoms with van der Waals surface area (Å²) < 4.78 is 0. The number of benzene rings is 1. The fourth-order valence-electron chi connectivity index (χ4n) is 1.39. The normalized spacial score (nSPS) is 12.7. The van der Waals surface area contributed by atoms with Crippen molar-refractivity contribution in [2.24, 2.45) is 0 Å². The highest BCUT2D eigenvalue weighted by atomic mass is 79.9. The first-order chi connectivity index (χ1) is 7.16. The molecular formula is C12H10BrClS. The van der Waals surface area contributed by atoms with Crippen LogP contribution in [0.3, 0.4) is 0 Å². The third-order valence-corrected chi connectivity index (χ3v) is 4.82. The van der Waals surface area contributed by atoms with Crippen LogP contribution in [0.25, 0.3) is 0 Å². The lowest BCUT2D eigenvalue weighted by molar-refractivity contribution is 1.23. The van der Waals surface area contributed by atoms with E-state index in [9.17, 15) is 0 Å². The van der Waals surface area contributed by atoms with Gasteiger partial charge in [0.2, 0.25) is 0 Å². The van der Waals surface area contributed by atoms with Gasteiger partial charge in [-0.2, -0.15) is 0 Å². The minimum absolute atomic E-state index is 0.272. The molecule has 0 aliphatic carbocycles. The van der Waals surface area contributed by atoms with Gasteiger partial charge < -0.3 is 0 Å². The Morgan fingerprint density at radius 2 is 1.80 bits per heavy atom. The molecule has 0 radical (unpaired) electrons. The van der Waals surface area contributed by atoms with Crippen LogP contribution in [0.2, 0.25) is 5.02 Å². The topological polar surface area (TPSA) is 0 Å². The second kappa shape index (κ2) is 4.69. The molecule has 0 spiro atoms. The summed E-state index contributed by atoms with van der Waals surface area (Å²) in [4.78, 5) is 2.94. The number of rotatable bonds is 2. The zero-order valence-electron chi connectivity index (χ0n) is 8.21. The summed E-state index contributed by atoms with van der Waals surface area (Å²) in [5.41, 5.74) is 1.24. The first kappa shape index (κ1) is 11.2. The molecule has 0 N–H and O–H groups in total. The van der Waals surface area contributed by atoms with Gasteiger partial charge >= 0.3 is 0 Å². The van der Waals surface area contributed by atoms with Crippen LogP contribution in [0.15, 0.2) is 36.4 Å². The molecule has 0 nitrogen and oxygen atoms in total. The van der Waals surface area contributed by atoms with Crippen LogP contribution in [0, 0.1) is 6.92 Å². The molecule has 1 atom stereocenters. The molecule has 0 aliphatic rings. The standard InChI is InChI=1S/C12H10BrClS/c1-8-2-7-11(15-8)12(13)9-3-5-10(14)6-4-9/h2-7,12H,1H3. The summed E-state index contributed by atoms with van der Waals surface area (Å²) in [7, 11) is 0. The van der Waals surface area contributed by atoms with Crippen LogP contribution < -0.4 is 0 Å². The van der Waals surface area contributed by atoms with Crippen molar-refractivity contribution in [1.29, 1.82) is 0 Å². The summed E-state index contributed by atoms with van der Waals surface area (Å²) in [6.07, 6.45) is 0. The summed E-state index contributed by atoms with van der Waals surface area (Å²) >= 11 is 11.4. The predicted octanol–water partition coefficient (Wildman–Crippen LogP) is 5.19. The number of aryl methyl sites for hydroxylation is 1. The smallest absolute Gasteiger partial charge is 0.0738 e. The fraction of sp³-hybridized carbons (Fsp3) is 0.167. The van der Waals surface area contributed by atoms with Crippen LogP contribution in [-0.4, -0.2) is 0 Å². The van der Waals surface area contributed by atoms with E-state index < -0.39 is 0 Å². The number of thiophene rings is 1. The average molecular weight is 302 g/mol. The number of hydrogen-bond donors (Lipinski definition) is 0. The Hall–Kier alpha value is -0.310. The molecule has 0 saturated carbocycles. The Labute approximate surface area is 107 Å². The van der Waals surface area contributed by atoms with Crippen LogP contribution in [0.1, 0.15) is 20.1 Å². The van der Waals surface area contributed by atoms with Crippen LogP contribution in [-0.2, 0) is 0 Å². The third kappa shape index (κ3) is 2.63. The van der Waals surface area contributed by atoms with Crippen molar-refractivity contribution in [2.75, 3.05) is 0 Å². The second-order valence-corrected chi connectivity index (χ2v) is 6.03. The lowest BCUT2D eigenvalue weighted by atomic mass is 10.1. The Kier molecular flexibility index (Phi) is 3.49. The molecule has 0 saturated heterocycles. The van der Waals surface area contributed by atoms with E-state index in [0.29, 0.717) is 0 Å². The van der Waals surface area contributed by atoms with E-state index in [1.165, 1.54) is 15.3 Å². The third-order valence-electron chi connectivity index (χ3n) is 2.17. The Bertz CT molecular complexity index is 447. The summed E-state index contributed by atoms with van der Waals surface area (Å²) in [6.45, 7) is 2.12. The van der Waals surface area contributed by atoms with Gasteiger partial charge in [0.15, 0.2) is 0 Å². The van der Waals surface area contributed by atoms with Crippen LogP contribution in [0.4, 0.5) is 0 Å². The molecule has 78 valence electrons. The van der Waals surface area contributed by atoms with Gasteiger partial charge in [-0.1, -0.05) is 39.7 Å². The second-order valence-electron chi connectivity index (χ2n) is 3.36. The zero-order chi connectivity index (χ0) is 10.8. The molecule has 1 aromatic heterocycles. The Morgan fingerprint density at radius 3 is 2.33 bits per heavy atom. The SMILES string of the molecule is Cc1ccc(C(Br)c2ccc(Cl)cc2)s1. The Balaban J connectivity index is 2.28. The molecule has 0 bridgehead atoms. The van der Waals surface area contributed by atoms with E-state index in [1.807, 2.05) is 23.5 Å². The van der Waals surface area contributed by atoms with Gasteiger partial charge in [0.25, 0.3) is 0 Å². The summed E-state index contributed by atoms with van der Waals surface area (Å²) in [5, 5.41) is 0.779. The first-order valence-corrected chi connectivity index (χ1v) is 6.73. The maximum absolute atomic E-state index is 5.85. The molecule has 1 heterocycles. The van der Waals surface area contributed by atoms with Crippen molar-refractivity contribution >= 4 is 38.9 Å². The molecule has 0 fully saturated rings. The van der Waals surface area contributed by atoms with E-state index in [0.717, 1.165) is 5.02 Å². The fourth-order valence-corrected chi connectivity index (χ4v) is 3.13. The maximum atomic E-state index is 5.85. The van der Waals surface area contributed by atoms with Gasteiger partial charge in [-0.3, -0.25) is 0 Å². The average Bonchev–Trinajstić information content (AvgIpc) is 2.65. The maximum Gasteiger partial charge on any atom is 0.0738 e. The van der Waals surface area contributed by atoms with E-state index in [4.69, 9.17) is 11.6 Å². The summed E-state index contributed by atoms with van der Waals surface area (Å²) in [6, 6.07) is 12.3. The molecule has 1 aromatic carbocycles. The molecular weight excluding hydrogens is 292 g/mol. The number of halogens is 2. The van der Waals surface area contributed by atoms with Crippen molar-refractivity contribution in [3.63, 3.8) is 0 Å². The first-order valence-electron chi connectivity index (χ1n) is 4.62. The molecule has 0 amide bonds. The van der Waals surface area contributed by atoms with Crippen molar-refractivity contribution in [1.82, 2.24) is 0 Å². The summed E-state index contributed by atoms with van der Waals surface area (Å²) in [5.74, 6) is 0. The van der Waals surface area contributed by atoms with Crippen molar-refractivity contribution in [3.05, 3.63) is 56.7 Å². The largest absolute Gasteiger partial charge is 0.144 e. The van der Waals surface area contributed by atoms with Gasteiger partial charge in [-0.15, -0.1) is 11.3 Å². The van der Waals surface area contributed by atoms with Crippen molar-refractivity contribution in [2.45, 2.75) is 11.8 Å². The van der Waals surface area contributed by atoms with E-state index >= 15 is 0 Å². The number of alkyl halides is 1.